The third-order valence-electron chi connectivity index (χ3n) is 2.90. The third-order valence-corrected chi connectivity index (χ3v) is 3.10. The summed E-state index contributed by atoms with van der Waals surface area (Å²) >= 11 is 5.74. The molecule has 0 aliphatic carbocycles. The van der Waals surface area contributed by atoms with Gasteiger partial charge in [-0.05, 0) is 29.7 Å². The Labute approximate surface area is 120 Å². The topological polar surface area (TPSA) is 65.6 Å². The molecule has 0 fully saturated rings. The summed E-state index contributed by atoms with van der Waals surface area (Å²) in [4.78, 5) is 15.9. The van der Waals surface area contributed by atoms with Crippen LogP contribution < -0.4 is 0 Å². The monoisotopic (exact) mass is 298 g/mol. The number of carbonyl (C=O) groups is 1. The Hall–Kier alpha value is -1.66. The Balaban J connectivity index is 2.04. The van der Waals surface area contributed by atoms with Crippen LogP contribution in [0.3, 0.4) is 0 Å². The number of ketones is 1. The first-order chi connectivity index (χ1) is 9.37. The van der Waals surface area contributed by atoms with Gasteiger partial charge in [0.25, 0.3) is 0 Å². The summed E-state index contributed by atoms with van der Waals surface area (Å²) in [6, 6.07) is 3.21. The van der Waals surface area contributed by atoms with Crippen LogP contribution >= 0.6 is 11.6 Å². The summed E-state index contributed by atoms with van der Waals surface area (Å²) in [7, 11) is 0. The molecule has 0 aromatic carbocycles. The molecule has 106 valence electrons. The van der Waals surface area contributed by atoms with E-state index in [4.69, 9.17) is 11.6 Å². The van der Waals surface area contributed by atoms with Crippen molar-refractivity contribution in [1.29, 1.82) is 0 Å². The summed E-state index contributed by atoms with van der Waals surface area (Å²) in [5.74, 6) is -0.398. The SMILES string of the molecule is C[C@](O)(C[N+]1=CC(F)C=N1)C(=O)Cc1ccnc(Cl)c1. The maximum absolute atomic E-state index is 12.9. The number of β-amino-alcohol motifs (C(OH)–C–C–N with tert-alkyl or cyclic N) is 1. The molecule has 0 spiro atoms. The van der Waals surface area contributed by atoms with Crippen molar-refractivity contribution in [1.82, 2.24) is 4.98 Å². The van der Waals surface area contributed by atoms with Gasteiger partial charge in [0.05, 0.1) is 0 Å². The molecule has 0 saturated heterocycles. The van der Waals surface area contributed by atoms with E-state index in [1.807, 2.05) is 0 Å². The van der Waals surface area contributed by atoms with Crippen molar-refractivity contribution in [2.45, 2.75) is 25.1 Å². The van der Waals surface area contributed by atoms with Gasteiger partial charge in [0.2, 0.25) is 18.9 Å². The molecular weight excluding hydrogens is 285 g/mol. The van der Waals surface area contributed by atoms with Gasteiger partial charge in [0.1, 0.15) is 11.4 Å². The van der Waals surface area contributed by atoms with Crippen molar-refractivity contribution in [2.24, 2.45) is 5.10 Å². The minimum Gasteiger partial charge on any atom is -0.376 e. The predicted molar refractivity (Wildman–Crippen MR) is 73.2 cm³/mol. The quantitative estimate of drug-likeness (QED) is 0.652. The highest BCUT2D eigenvalue weighted by atomic mass is 35.5. The zero-order chi connectivity index (χ0) is 14.8. The normalized spacial score (nSPS) is 20.6. The van der Waals surface area contributed by atoms with Gasteiger partial charge in [-0.15, -0.1) is 0 Å². The molecule has 0 radical (unpaired) electrons. The van der Waals surface area contributed by atoms with Crippen LogP contribution in [0.5, 0.6) is 0 Å². The molecule has 1 aromatic heterocycles. The maximum Gasteiger partial charge on any atom is 0.220 e. The Morgan fingerprint density at radius 1 is 1.65 bits per heavy atom. The first kappa shape index (κ1) is 14.7. The molecule has 1 aliphatic heterocycles. The van der Waals surface area contributed by atoms with Crippen LogP contribution in [-0.2, 0) is 11.2 Å². The molecule has 0 saturated carbocycles. The molecule has 1 unspecified atom stereocenters. The number of rotatable bonds is 5. The van der Waals surface area contributed by atoms with Crippen LogP contribution in [-0.4, -0.2) is 51.3 Å². The largest absolute Gasteiger partial charge is 0.376 e. The van der Waals surface area contributed by atoms with Crippen LogP contribution in [0.4, 0.5) is 4.39 Å². The molecular formula is C13H14ClFN3O2+. The van der Waals surface area contributed by atoms with Crippen LogP contribution in [0.15, 0.2) is 23.4 Å². The lowest BCUT2D eigenvalue weighted by molar-refractivity contribution is -0.539. The number of Topliss-reactive ketones (excluding diaryl/α,β-unsaturated/α-hetero) is 1. The maximum atomic E-state index is 12.9. The van der Waals surface area contributed by atoms with Crippen molar-refractivity contribution >= 4 is 29.8 Å². The molecule has 1 aromatic rings. The van der Waals surface area contributed by atoms with E-state index < -0.39 is 17.6 Å². The Morgan fingerprint density at radius 2 is 2.40 bits per heavy atom. The standard InChI is InChI=1S/C13H14ClFN3O2/c1-13(20,8-18-7-10(15)6-17-18)11(19)4-9-2-3-16-12(14)5-9/h2-3,5-7,10,20H,4,8H2,1H3/q+1/t10?,13-/m0/s1. The first-order valence-corrected chi connectivity index (χ1v) is 6.40. The van der Waals surface area contributed by atoms with Gasteiger partial charge in [-0.1, -0.05) is 16.3 Å². The van der Waals surface area contributed by atoms with Crippen LogP contribution in [0.25, 0.3) is 0 Å². The summed E-state index contributed by atoms with van der Waals surface area (Å²) in [6.07, 6.45) is 2.53. The van der Waals surface area contributed by atoms with Gasteiger partial charge in [0, 0.05) is 12.6 Å². The number of hydrazone groups is 1. The fourth-order valence-corrected chi connectivity index (χ4v) is 2.01. The van der Waals surface area contributed by atoms with E-state index in [9.17, 15) is 14.3 Å². The average molecular weight is 299 g/mol. The van der Waals surface area contributed by atoms with E-state index >= 15 is 0 Å². The fourth-order valence-electron chi connectivity index (χ4n) is 1.82. The molecule has 2 atom stereocenters. The van der Waals surface area contributed by atoms with E-state index in [0.717, 1.165) is 6.21 Å². The molecule has 5 nitrogen and oxygen atoms in total. The number of aromatic nitrogens is 1. The van der Waals surface area contributed by atoms with E-state index in [-0.39, 0.29) is 18.1 Å². The second kappa shape index (κ2) is 5.76. The number of carbonyl (C=O) groups excluding carboxylic acids is 1. The van der Waals surface area contributed by atoms with Crippen LogP contribution in [0, 0.1) is 0 Å². The summed E-state index contributed by atoms with van der Waals surface area (Å²) in [6.45, 7) is 1.29. The van der Waals surface area contributed by atoms with E-state index in [1.165, 1.54) is 24.0 Å². The summed E-state index contributed by atoms with van der Waals surface area (Å²) in [5, 5.41) is 14.2. The number of nitrogens with zero attached hydrogens (tertiary/aromatic N) is 3. The highest BCUT2D eigenvalue weighted by Gasteiger charge is 2.37. The van der Waals surface area contributed by atoms with Crippen LogP contribution in [0.1, 0.15) is 12.5 Å². The molecule has 2 rings (SSSR count). The Bertz CT molecular complexity index is 587. The lowest BCUT2D eigenvalue weighted by Crippen LogP contribution is -2.43. The minimum atomic E-state index is -1.63. The number of hydrogen-bond donors (Lipinski definition) is 1. The first-order valence-electron chi connectivity index (χ1n) is 6.03. The fraction of sp³-hybridized carbons (Fsp3) is 0.385. The van der Waals surface area contributed by atoms with Gasteiger partial charge < -0.3 is 5.11 Å². The predicted octanol–water partition coefficient (Wildman–Crippen LogP) is 1.02. The third kappa shape index (κ3) is 3.68. The molecule has 0 amide bonds. The number of pyridine rings is 1. The zero-order valence-corrected chi connectivity index (χ0v) is 11.6. The lowest BCUT2D eigenvalue weighted by Gasteiger charge is -2.17. The van der Waals surface area contributed by atoms with Gasteiger partial charge in [-0.3, -0.25) is 4.79 Å². The second-order valence-corrected chi connectivity index (χ2v) is 5.20. The van der Waals surface area contributed by atoms with Gasteiger partial charge in [-0.2, -0.15) is 0 Å². The number of alkyl halides is 1. The van der Waals surface area contributed by atoms with Crippen molar-refractivity contribution in [3.05, 3.63) is 29.0 Å². The lowest BCUT2D eigenvalue weighted by atomic mass is 9.95. The Kier molecular flexibility index (Phi) is 4.25. The summed E-state index contributed by atoms with van der Waals surface area (Å²) in [5.41, 5.74) is -0.972. The van der Waals surface area contributed by atoms with E-state index in [0.29, 0.717) is 5.56 Å². The van der Waals surface area contributed by atoms with Crippen LogP contribution in [0.2, 0.25) is 5.15 Å². The zero-order valence-electron chi connectivity index (χ0n) is 10.8. The second-order valence-electron chi connectivity index (χ2n) is 4.82. The highest BCUT2D eigenvalue weighted by Crippen LogP contribution is 2.14. The average Bonchev–Trinajstić information content (AvgIpc) is 2.74. The highest BCUT2D eigenvalue weighted by molar-refractivity contribution is 6.29. The minimum absolute atomic E-state index is 0.0197. The Morgan fingerprint density at radius 3 is 3.00 bits per heavy atom. The van der Waals surface area contributed by atoms with Gasteiger partial charge in [0.15, 0.2) is 11.4 Å². The number of hydrogen-bond acceptors (Lipinski definition) is 4. The molecule has 7 heteroatoms. The van der Waals surface area contributed by atoms with Crippen molar-refractivity contribution in [2.75, 3.05) is 6.54 Å². The molecule has 2 heterocycles. The molecule has 20 heavy (non-hydrogen) atoms. The molecule has 1 N–H and O–H groups in total. The molecule has 1 aliphatic rings. The van der Waals surface area contributed by atoms with Crippen molar-refractivity contribution in [3.8, 4) is 0 Å². The van der Waals surface area contributed by atoms with E-state index in [1.54, 1.807) is 12.1 Å². The van der Waals surface area contributed by atoms with Gasteiger partial charge in [-0.25, -0.2) is 9.37 Å². The number of aliphatic hydroxyl groups is 1. The van der Waals surface area contributed by atoms with Gasteiger partial charge >= 0.3 is 0 Å². The van der Waals surface area contributed by atoms with Crippen molar-refractivity contribution < 1.29 is 19.0 Å². The van der Waals surface area contributed by atoms with E-state index in [2.05, 4.69) is 10.1 Å². The number of halogens is 2. The van der Waals surface area contributed by atoms with Crippen molar-refractivity contribution in [3.63, 3.8) is 0 Å². The molecule has 0 bridgehead atoms. The smallest absolute Gasteiger partial charge is 0.220 e. The summed E-state index contributed by atoms with van der Waals surface area (Å²) < 4.78 is 14.1.